The zero-order valence-corrected chi connectivity index (χ0v) is 22.6. The number of carbonyl (C=O) groups excluding carboxylic acids is 1. The summed E-state index contributed by atoms with van der Waals surface area (Å²) in [6.07, 6.45) is 0. The van der Waals surface area contributed by atoms with Gasteiger partial charge in [-0.25, -0.2) is 9.79 Å². The van der Waals surface area contributed by atoms with Gasteiger partial charge in [0.05, 0.1) is 29.1 Å². The van der Waals surface area contributed by atoms with Crippen molar-refractivity contribution >= 4 is 28.3 Å². The molecule has 3 heterocycles. The molecule has 4 aromatic rings. The first-order valence-electron chi connectivity index (χ1n) is 13.5. The monoisotopic (exact) mass is 540 g/mol. The lowest BCUT2D eigenvalue weighted by molar-refractivity contribution is 0.0526. The summed E-state index contributed by atoms with van der Waals surface area (Å²) in [6.45, 7) is 7.39. The normalized spacial score (nSPS) is 16.0. The van der Waals surface area contributed by atoms with E-state index in [0.717, 1.165) is 49.4 Å². The van der Waals surface area contributed by atoms with Crippen LogP contribution in [-0.2, 0) is 11.3 Å². The van der Waals surface area contributed by atoms with Crippen molar-refractivity contribution in [1.29, 1.82) is 0 Å². The SMILES string of the molecule is CCOC(=O)c1ccc2c(C(=Nc3ccc(CN4CCN(C)CC4)cc3)c3ccc4c(c3)OCO4)c(O)[nH]c2c1. The number of aromatic hydroxyl groups is 1. The number of ether oxygens (including phenoxy) is 3. The second kappa shape index (κ2) is 11.0. The molecule has 0 atom stereocenters. The molecule has 2 aliphatic rings. The van der Waals surface area contributed by atoms with E-state index in [0.29, 0.717) is 33.9 Å². The zero-order valence-electron chi connectivity index (χ0n) is 22.6. The molecule has 6 rings (SSSR count). The second-order valence-electron chi connectivity index (χ2n) is 10.1. The Morgan fingerprint density at radius 3 is 2.50 bits per heavy atom. The minimum atomic E-state index is -0.415. The van der Waals surface area contributed by atoms with Gasteiger partial charge in [-0.15, -0.1) is 0 Å². The summed E-state index contributed by atoms with van der Waals surface area (Å²) in [6, 6.07) is 19.0. The van der Waals surface area contributed by atoms with Gasteiger partial charge in [-0.05, 0) is 62.0 Å². The Bertz CT molecular complexity index is 1570. The third-order valence-electron chi connectivity index (χ3n) is 7.35. The molecule has 0 aliphatic carbocycles. The highest BCUT2D eigenvalue weighted by Gasteiger charge is 2.23. The topological polar surface area (TPSA) is 99.6 Å². The van der Waals surface area contributed by atoms with E-state index in [1.807, 2.05) is 30.3 Å². The number of nitrogens with one attached hydrogen (secondary N) is 1. The number of nitrogens with zero attached hydrogens (tertiary/aromatic N) is 3. The summed E-state index contributed by atoms with van der Waals surface area (Å²) >= 11 is 0. The third kappa shape index (κ3) is 5.25. The summed E-state index contributed by atoms with van der Waals surface area (Å²) in [5.74, 6) is 0.829. The van der Waals surface area contributed by atoms with Crippen LogP contribution >= 0.6 is 0 Å². The van der Waals surface area contributed by atoms with E-state index < -0.39 is 5.97 Å². The van der Waals surface area contributed by atoms with Crippen LogP contribution in [0.25, 0.3) is 10.9 Å². The van der Waals surface area contributed by atoms with Crippen molar-refractivity contribution in [2.75, 3.05) is 46.6 Å². The van der Waals surface area contributed by atoms with E-state index >= 15 is 0 Å². The molecule has 2 aliphatic heterocycles. The minimum absolute atomic E-state index is 0.0425. The van der Waals surface area contributed by atoms with Crippen LogP contribution in [0.3, 0.4) is 0 Å². The fraction of sp³-hybridized carbons (Fsp3) is 0.290. The molecule has 0 spiro atoms. The van der Waals surface area contributed by atoms with Crippen LogP contribution in [-0.4, -0.2) is 78.2 Å². The number of aromatic amines is 1. The highest BCUT2D eigenvalue weighted by molar-refractivity contribution is 6.22. The number of aromatic nitrogens is 1. The lowest BCUT2D eigenvalue weighted by Gasteiger charge is -2.32. The van der Waals surface area contributed by atoms with E-state index in [1.165, 1.54) is 5.56 Å². The van der Waals surface area contributed by atoms with Gasteiger partial charge in [-0.1, -0.05) is 18.2 Å². The third-order valence-corrected chi connectivity index (χ3v) is 7.35. The number of hydrogen-bond acceptors (Lipinski definition) is 8. The highest BCUT2D eigenvalue weighted by Crippen LogP contribution is 2.37. The molecule has 40 heavy (non-hydrogen) atoms. The number of esters is 1. The Hall–Kier alpha value is -4.34. The number of H-pyrrole nitrogens is 1. The Labute approximate surface area is 232 Å². The average molecular weight is 541 g/mol. The molecular formula is C31H32N4O5. The van der Waals surface area contributed by atoms with Crippen LogP contribution in [0.2, 0.25) is 0 Å². The standard InChI is InChI=1S/C31H32N4O5/c1-3-38-31(37)22-6-10-24-25(16-22)33-30(36)28(24)29(21-7-11-26-27(17-21)40-19-39-26)32-23-8-4-20(5-9-23)18-35-14-12-34(2)13-15-35/h4-11,16-17,33,36H,3,12-15,18-19H2,1-2H3. The van der Waals surface area contributed by atoms with Gasteiger partial charge < -0.3 is 29.2 Å². The van der Waals surface area contributed by atoms with Crippen LogP contribution < -0.4 is 9.47 Å². The maximum atomic E-state index is 12.3. The highest BCUT2D eigenvalue weighted by atomic mass is 16.7. The number of benzene rings is 3. The number of likely N-dealkylation sites (N-methyl/N-ethyl adjacent to an activating group) is 1. The molecule has 206 valence electrons. The quantitative estimate of drug-likeness (QED) is 0.259. The molecule has 9 nitrogen and oxygen atoms in total. The molecular weight excluding hydrogens is 508 g/mol. The lowest BCUT2D eigenvalue weighted by atomic mass is 9.99. The summed E-state index contributed by atoms with van der Waals surface area (Å²) in [4.78, 5) is 25.1. The molecule has 1 saturated heterocycles. The van der Waals surface area contributed by atoms with Crippen LogP contribution in [0.4, 0.5) is 5.69 Å². The van der Waals surface area contributed by atoms with Gasteiger partial charge in [0.2, 0.25) is 6.79 Å². The van der Waals surface area contributed by atoms with Gasteiger partial charge in [0, 0.05) is 49.2 Å². The Kier molecular flexibility index (Phi) is 7.15. The Balaban J connectivity index is 1.38. The predicted molar refractivity (Wildman–Crippen MR) is 153 cm³/mol. The minimum Gasteiger partial charge on any atom is -0.494 e. The number of piperazine rings is 1. The fourth-order valence-electron chi connectivity index (χ4n) is 5.14. The lowest BCUT2D eigenvalue weighted by Crippen LogP contribution is -2.43. The van der Waals surface area contributed by atoms with Crippen LogP contribution in [0.1, 0.15) is 34.0 Å². The van der Waals surface area contributed by atoms with E-state index in [1.54, 1.807) is 25.1 Å². The van der Waals surface area contributed by atoms with Crippen molar-refractivity contribution in [2.45, 2.75) is 13.5 Å². The number of hydrogen-bond donors (Lipinski definition) is 2. The first kappa shape index (κ1) is 25.9. The molecule has 0 saturated carbocycles. The van der Waals surface area contributed by atoms with Crippen molar-refractivity contribution in [3.05, 3.63) is 82.9 Å². The maximum Gasteiger partial charge on any atom is 0.338 e. The molecule has 3 aromatic carbocycles. The molecule has 0 radical (unpaired) electrons. The first-order valence-corrected chi connectivity index (χ1v) is 13.5. The van der Waals surface area contributed by atoms with Gasteiger partial charge in [0.25, 0.3) is 0 Å². The van der Waals surface area contributed by atoms with E-state index in [2.05, 4.69) is 34.0 Å². The largest absolute Gasteiger partial charge is 0.494 e. The van der Waals surface area contributed by atoms with E-state index in [-0.39, 0.29) is 19.3 Å². The fourth-order valence-corrected chi connectivity index (χ4v) is 5.14. The second-order valence-corrected chi connectivity index (χ2v) is 10.1. The van der Waals surface area contributed by atoms with Crippen LogP contribution in [0.5, 0.6) is 17.4 Å². The van der Waals surface area contributed by atoms with Crippen molar-refractivity contribution in [3.8, 4) is 17.4 Å². The zero-order chi connectivity index (χ0) is 27.6. The average Bonchev–Trinajstić information content (AvgIpc) is 3.56. The Morgan fingerprint density at radius 1 is 0.975 bits per heavy atom. The van der Waals surface area contributed by atoms with Crippen molar-refractivity contribution in [2.24, 2.45) is 4.99 Å². The summed E-state index contributed by atoms with van der Waals surface area (Å²) < 4.78 is 16.3. The smallest absolute Gasteiger partial charge is 0.338 e. The number of carbonyl (C=O) groups is 1. The first-order chi connectivity index (χ1) is 19.5. The molecule has 2 N–H and O–H groups in total. The molecule has 9 heteroatoms. The van der Waals surface area contributed by atoms with Crippen molar-refractivity contribution in [1.82, 2.24) is 14.8 Å². The summed E-state index contributed by atoms with van der Waals surface area (Å²) in [5, 5.41) is 11.8. The van der Waals surface area contributed by atoms with Crippen LogP contribution in [0, 0.1) is 0 Å². The summed E-state index contributed by atoms with van der Waals surface area (Å²) in [5.41, 5.74) is 4.86. The van der Waals surface area contributed by atoms with Gasteiger partial charge in [-0.2, -0.15) is 0 Å². The molecule has 0 amide bonds. The molecule has 1 fully saturated rings. The maximum absolute atomic E-state index is 12.3. The van der Waals surface area contributed by atoms with Crippen molar-refractivity contribution in [3.63, 3.8) is 0 Å². The Morgan fingerprint density at radius 2 is 1.73 bits per heavy atom. The van der Waals surface area contributed by atoms with Gasteiger partial charge in [0.1, 0.15) is 0 Å². The molecule has 1 aromatic heterocycles. The predicted octanol–water partition coefficient (Wildman–Crippen LogP) is 4.70. The summed E-state index contributed by atoms with van der Waals surface area (Å²) in [7, 11) is 2.16. The van der Waals surface area contributed by atoms with Crippen LogP contribution in [0.15, 0.2) is 65.7 Å². The molecule has 0 unspecified atom stereocenters. The number of rotatable bonds is 7. The van der Waals surface area contributed by atoms with Gasteiger partial charge in [-0.3, -0.25) is 4.90 Å². The molecule has 0 bridgehead atoms. The number of aliphatic imine (C=N–C) groups is 1. The van der Waals surface area contributed by atoms with E-state index in [9.17, 15) is 9.90 Å². The van der Waals surface area contributed by atoms with Crippen molar-refractivity contribution < 1.29 is 24.1 Å². The van der Waals surface area contributed by atoms with Gasteiger partial charge >= 0.3 is 5.97 Å². The van der Waals surface area contributed by atoms with E-state index in [4.69, 9.17) is 19.2 Å². The number of fused-ring (bicyclic) bond motifs is 2. The van der Waals surface area contributed by atoms with Gasteiger partial charge in [0.15, 0.2) is 17.4 Å².